The van der Waals surface area contributed by atoms with Crippen LogP contribution in [0.15, 0.2) is 12.1 Å². The predicted molar refractivity (Wildman–Crippen MR) is 71.3 cm³/mol. The van der Waals surface area contributed by atoms with Gasteiger partial charge in [-0.3, -0.25) is 10.1 Å². The van der Waals surface area contributed by atoms with E-state index in [0.717, 1.165) is 6.07 Å². The van der Waals surface area contributed by atoms with Crippen molar-refractivity contribution in [3.8, 4) is 5.75 Å². The predicted octanol–water partition coefficient (Wildman–Crippen LogP) is 1.63. The highest BCUT2D eigenvalue weighted by atomic mass is 16.6. The van der Waals surface area contributed by atoms with Crippen molar-refractivity contribution in [2.24, 2.45) is 0 Å². The van der Waals surface area contributed by atoms with Gasteiger partial charge in [0, 0.05) is 6.07 Å². The zero-order valence-electron chi connectivity index (χ0n) is 11.9. The number of carbonyl (C=O) groups is 2. The second-order valence-electron chi connectivity index (χ2n) is 3.98. The van der Waals surface area contributed by atoms with Gasteiger partial charge in [0.15, 0.2) is 12.4 Å². The standard InChI is InChI=1S/C13H15NO7/c1-4-20-12(15)7-21-11-5-8(2)9(13(16)19-3)6-10(11)14(17)18/h5-6H,4,7H2,1-3H3. The van der Waals surface area contributed by atoms with Crippen LogP contribution in [-0.2, 0) is 14.3 Å². The lowest BCUT2D eigenvalue weighted by Gasteiger charge is -2.09. The molecule has 0 saturated heterocycles. The third kappa shape index (κ3) is 4.16. The molecule has 0 radical (unpaired) electrons. The van der Waals surface area contributed by atoms with E-state index in [0.29, 0.717) is 5.56 Å². The van der Waals surface area contributed by atoms with Gasteiger partial charge in [-0.05, 0) is 25.5 Å². The van der Waals surface area contributed by atoms with Crippen LogP contribution in [-0.4, -0.2) is 37.2 Å². The normalized spacial score (nSPS) is 9.86. The van der Waals surface area contributed by atoms with E-state index in [1.54, 1.807) is 13.8 Å². The molecule has 0 atom stereocenters. The van der Waals surface area contributed by atoms with E-state index in [1.165, 1.54) is 13.2 Å². The van der Waals surface area contributed by atoms with E-state index in [2.05, 4.69) is 9.47 Å². The fourth-order valence-corrected chi connectivity index (χ4v) is 1.60. The molecule has 21 heavy (non-hydrogen) atoms. The Morgan fingerprint density at radius 3 is 2.52 bits per heavy atom. The Kier molecular flexibility index (Phi) is 5.65. The molecular weight excluding hydrogens is 282 g/mol. The maximum absolute atomic E-state index is 11.5. The average molecular weight is 297 g/mol. The van der Waals surface area contributed by atoms with Gasteiger partial charge in [-0.2, -0.15) is 0 Å². The highest BCUT2D eigenvalue weighted by molar-refractivity contribution is 5.92. The third-order valence-electron chi connectivity index (χ3n) is 2.56. The van der Waals surface area contributed by atoms with Crippen LogP contribution in [0.1, 0.15) is 22.8 Å². The SMILES string of the molecule is CCOC(=O)COc1cc(C)c(C(=O)OC)cc1[N+](=O)[O-]. The quantitative estimate of drug-likeness (QED) is 0.446. The second-order valence-corrected chi connectivity index (χ2v) is 3.98. The second kappa shape index (κ2) is 7.22. The molecule has 0 heterocycles. The van der Waals surface area contributed by atoms with E-state index in [-0.39, 0.29) is 17.9 Å². The van der Waals surface area contributed by atoms with Crippen LogP contribution in [0.25, 0.3) is 0 Å². The number of aryl methyl sites for hydroxylation is 1. The van der Waals surface area contributed by atoms with E-state index in [1.807, 2.05) is 0 Å². The fraction of sp³-hybridized carbons (Fsp3) is 0.385. The minimum Gasteiger partial charge on any atom is -0.475 e. The number of rotatable bonds is 6. The summed E-state index contributed by atoms with van der Waals surface area (Å²) in [5, 5.41) is 11.0. The van der Waals surface area contributed by atoms with Crippen LogP contribution < -0.4 is 4.74 Å². The summed E-state index contributed by atoms with van der Waals surface area (Å²) in [6, 6.07) is 2.37. The van der Waals surface area contributed by atoms with Crippen LogP contribution in [0.2, 0.25) is 0 Å². The third-order valence-corrected chi connectivity index (χ3v) is 2.56. The maximum atomic E-state index is 11.5. The van der Waals surface area contributed by atoms with Crippen LogP contribution in [0.3, 0.4) is 0 Å². The van der Waals surface area contributed by atoms with Gasteiger partial charge >= 0.3 is 17.6 Å². The summed E-state index contributed by atoms with van der Waals surface area (Å²) in [4.78, 5) is 33.0. The largest absolute Gasteiger partial charge is 0.475 e. The molecule has 0 fully saturated rings. The van der Waals surface area contributed by atoms with Gasteiger partial charge in [-0.15, -0.1) is 0 Å². The van der Waals surface area contributed by atoms with E-state index in [9.17, 15) is 19.7 Å². The van der Waals surface area contributed by atoms with E-state index < -0.39 is 29.2 Å². The minimum absolute atomic E-state index is 0.0627. The number of hydrogen-bond acceptors (Lipinski definition) is 7. The van der Waals surface area contributed by atoms with Gasteiger partial charge < -0.3 is 14.2 Å². The summed E-state index contributed by atoms with van der Waals surface area (Å²) in [5.74, 6) is -1.44. The van der Waals surface area contributed by atoms with Gasteiger partial charge in [0.2, 0.25) is 0 Å². The number of nitro groups is 1. The molecule has 0 N–H and O–H groups in total. The Labute approximate surface area is 120 Å². The molecule has 114 valence electrons. The van der Waals surface area contributed by atoms with Gasteiger partial charge in [0.05, 0.1) is 24.2 Å². The fourth-order valence-electron chi connectivity index (χ4n) is 1.60. The summed E-state index contributed by atoms with van der Waals surface area (Å²) < 4.78 is 14.3. The summed E-state index contributed by atoms with van der Waals surface area (Å²) in [6.07, 6.45) is 0. The average Bonchev–Trinajstić information content (AvgIpc) is 2.44. The molecule has 0 saturated carbocycles. The van der Waals surface area contributed by atoms with Crippen molar-refractivity contribution in [1.29, 1.82) is 0 Å². The van der Waals surface area contributed by atoms with Crippen molar-refractivity contribution in [3.05, 3.63) is 33.4 Å². The summed E-state index contributed by atoms with van der Waals surface area (Å²) in [7, 11) is 1.18. The Bertz CT molecular complexity index is 568. The molecule has 8 nitrogen and oxygen atoms in total. The van der Waals surface area contributed by atoms with Crippen LogP contribution in [0, 0.1) is 17.0 Å². The van der Waals surface area contributed by atoms with Crippen molar-refractivity contribution in [3.63, 3.8) is 0 Å². The maximum Gasteiger partial charge on any atom is 0.344 e. The van der Waals surface area contributed by atoms with Crippen LogP contribution >= 0.6 is 0 Å². The Morgan fingerprint density at radius 1 is 1.33 bits per heavy atom. The van der Waals surface area contributed by atoms with E-state index >= 15 is 0 Å². The Balaban J connectivity index is 3.08. The molecule has 0 unspecified atom stereocenters. The van der Waals surface area contributed by atoms with Crippen molar-refractivity contribution in [2.75, 3.05) is 20.3 Å². The van der Waals surface area contributed by atoms with Crippen molar-refractivity contribution < 1.29 is 28.7 Å². The molecule has 1 rings (SSSR count). The number of nitro benzene ring substituents is 1. The first-order valence-electron chi connectivity index (χ1n) is 6.06. The van der Waals surface area contributed by atoms with Crippen molar-refractivity contribution in [1.82, 2.24) is 0 Å². The number of methoxy groups -OCH3 is 1. The lowest BCUT2D eigenvalue weighted by Crippen LogP contribution is -2.15. The lowest BCUT2D eigenvalue weighted by molar-refractivity contribution is -0.385. The Hall–Kier alpha value is -2.64. The highest BCUT2D eigenvalue weighted by Gasteiger charge is 2.22. The first-order chi connectivity index (χ1) is 9.90. The molecule has 1 aromatic rings. The first kappa shape index (κ1) is 16.4. The van der Waals surface area contributed by atoms with Gasteiger partial charge in [-0.1, -0.05) is 0 Å². The number of ether oxygens (including phenoxy) is 3. The number of carbonyl (C=O) groups excluding carboxylic acids is 2. The lowest BCUT2D eigenvalue weighted by atomic mass is 10.1. The van der Waals surface area contributed by atoms with Crippen molar-refractivity contribution in [2.45, 2.75) is 13.8 Å². The van der Waals surface area contributed by atoms with Gasteiger partial charge in [0.25, 0.3) is 0 Å². The smallest absolute Gasteiger partial charge is 0.344 e. The van der Waals surface area contributed by atoms with Gasteiger partial charge in [0.1, 0.15) is 0 Å². The Morgan fingerprint density at radius 2 is 2.00 bits per heavy atom. The first-order valence-corrected chi connectivity index (χ1v) is 6.06. The number of hydrogen-bond donors (Lipinski definition) is 0. The van der Waals surface area contributed by atoms with Crippen LogP contribution in [0.4, 0.5) is 5.69 Å². The minimum atomic E-state index is -0.702. The number of benzene rings is 1. The zero-order valence-corrected chi connectivity index (χ0v) is 11.9. The topological polar surface area (TPSA) is 105 Å². The molecule has 0 aliphatic rings. The van der Waals surface area contributed by atoms with Gasteiger partial charge in [-0.25, -0.2) is 9.59 Å². The molecule has 0 aromatic heterocycles. The summed E-state index contributed by atoms with van der Waals surface area (Å²) >= 11 is 0. The molecule has 0 aliphatic heterocycles. The van der Waals surface area contributed by atoms with Crippen molar-refractivity contribution >= 4 is 17.6 Å². The summed E-state index contributed by atoms with van der Waals surface area (Å²) in [5.41, 5.74) is 0.0734. The summed E-state index contributed by atoms with van der Waals surface area (Å²) in [6.45, 7) is 2.94. The number of esters is 2. The molecule has 0 aliphatic carbocycles. The van der Waals surface area contributed by atoms with E-state index in [4.69, 9.17) is 4.74 Å². The zero-order chi connectivity index (χ0) is 16.0. The molecule has 0 spiro atoms. The molecule has 1 aromatic carbocycles. The van der Waals surface area contributed by atoms with Crippen LogP contribution in [0.5, 0.6) is 5.75 Å². The monoisotopic (exact) mass is 297 g/mol. The molecule has 0 bridgehead atoms. The number of nitrogens with zero attached hydrogens (tertiary/aromatic N) is 1. The molecular formula is C13H15NO7. The highest BCUT2D eigenvalue weighted by Crippen LogP contribution is 2.30. The molecule has 0 amide bonds. The molecule has 8 heteroatoms.